The van der Waals surface area contributed by atoms with Gasteiger partial charge in [0.15, 0.2) is 0 Å². The first-order valence-corrected chi connectivity index (χ1v) is 8.68. The number of ketones is 2. The van der Waals surface area contributed by atoms with Crippen LogP contribution in [0.3, 0.4) is 0 Å². The highest BCUT2D eigenvalue weighted by Crippen LogP contribution is 2.94. The standard InChI is InChI=1S/C21H20O5/c1-5-12-25-13-6-8-14(9-7-13)26-17(24)20(4)19(3)16(23)15(22)18(2)10-11-21(18,19)20/h1,6-9H,10-12H2,2-4H3. The van der Waals surface area contributed by atoms with E-state index in [4.69, 9.17) is 15.9 Å². The molecular formula is C21H20O5. The first kappa shape index (κ1) is 16.8. The third-order valence-corrected chi connectivity index (χ3v) is 7.51. The molecule has 3 aliphatic rings. The van der Waals surface area contributed by atoms with Crippen LogP contribution in [-0.2, 0) is 14.4 Å². The third kappa shape index (κ3) is 1.45. The van der Waals surface area contributed by atoms with E-state index in [1.807, 2.05) is 6.92 Å². The molecule has 1 aromatic carbocycles. The average Bonchev–Trinajstić information content (AvgIpc) is 3.10. The molecule has 5 nitrogen and oxygen atoms in total. The predicted molar refractivity (Wildman–Crippen MR) is 92.4 cm³/mol. The number of hydrogen-bond acceptors (Lipinski definition) is 5. The van der Waals surface area contributed by atoms with Gasteiger partial charge in [-0.05, 0) is 44.0 Å². The van der Waals surface area contributed by atoms with Crippen LogP contribution >= 0.6 is 0 Å². The fraction of sp³-hybridized carbons (Fsp3) is 0.476. The summed E-state index contributed by atoms with van der Waals surface area (Å²) in [5.74, 6) is 2.12. The first-order valence-electron chi connectivity index (χ1n) is 8.68. The van der Waals surface area contributed by atoms with Gasteiger partial charge in [-0.2, -0.15) is 0 Å². The second-order valence-corrected chi connectivity index (χ2v) is 8.00. The van der Waals surface area contributed by atoms with Crippen LogP contribution in [0.15, 0.2) is 24.3 Å². The smallest absolute Gasteiger partial charge is 0.318 e. The van der Waals surface area contributed by atoms with Crippen molar-refractivity contribution in [3.05, 3.63) is 24.3 Å². The lowest BCUT2D eigenvalue weighted by atomic mass is 9.55. The van der Waals surface area contributed by atoms with E-state index in [0.717, 1.165) is 0 Å². The van der Waals surface area contributed by atoms with Crippen LogP contribution < -0.4 is 9.47 Å². The van der Waals surface area contributed by atoms with Crippen LogP contribution in [-0.4, -0.2) is 24.1 Å². The summed E-state index contributed by atoms with van der Waals surface area (Å²) in [7, 11) is 0. The molecule has 0 radical (unpaired) electrons. The maximum absolute atomic E-state index is 13.0. The highest BCUT2D eigenvalue weighted by Gasteiger charge is 3.01. The summed E-state index contributed by atoms with van der Waals surface area (Å²) in [5.41, 5.74) is -3.28. The maximum Gasteiger partial charge on any atom is 0.318 e. The van der Waals surface area contributed by atoms with Crippen molar-refractivity contribution in [2.45, 2.75) is 33.6 Å². The fourth-order valence-corrected chi connectivity index (χ4v) is 5.87. The van der Waals surface area contributed by atoms with E-state index in [1.54, 1.807) is 38.1 Å². The molecule has 4 unspecified atom stereocenters. The van der Waals surface area contributed by atoms with Crippen molar-refractivity contribution in [2.24, 2.45) is 21.7 Å². The Morgan fingerprint density at radius 2 is 1.69 bits per heavy atom. The quantitative estimate of drug-likeness (QED) is 0.360. The van der Waals surface area contributed by atoms with E-state index in [-0.39, 0.29) is 12.4 Å². The van der Waals surface area contributed by atoms with Gasteiger partial charge in [0, 0.05) is 10.8 Å². The van der Waals surface area contributed by atoms with Crippen molar-refractivity contribution in [3.8, 4) is 23.8 Å². The Kier molecular flexibility index (Phi) is 3.08. The zero-order chi connectivity index (χ0) is 19.0. The Labute approximate surface area is 152 Å². The van der Waals surface area contributed by atoms with E-state index in [2.05, 4.69) is 5.92 Å². The average molecular weight is 352 g/mol. The number of terminal acetylenes is 1. The monoisotopic (exact) mass is 352 g/mol. The van der Waals surface area contributed by atoms with Gasteiger partial charge >= 0.3 is 5.97 Å². The second kappa shape index (κ2) is 4.76. The number of esters is 1. The van der Waals surface area contributed by atoms with E-state index >= 15 is 0 Å². The Balaban J connectivity index is 1.58. The molecule has 26 heavy (non-hydrogen) atoms. The molecule has 1 spiro atoms. The Bertz CT molecular complexity index is 894. The maximum atomic E-state index is 13.0. The number of hydrogen-bond donors (Lipinski definition) is 0. The van der Waals surface area contributed by atoms with Crippen molar-refractivity contribution in [1.82, 2.24) is 0 Å². The molecule has 4 atom stereocenters. The highest BCUT2D eigenvalue weighted by atomic mass is 16.5. The van der Waals surface area contributed by atoms with Gasteiger partial charge in [0.1, 0.15) is 18.1 Å². The van der Waals surface area contributed by atoms with Crippen molar-refractivity contribution in [2.75, 3.05) is 6.61 Å². The lowest BCUT2D eigenvalue weighted by Crippen LogP contribution is -2.50. The summed E-state index contributed by atoms with van der Waals surface area (Å²) in [6, 6.07) is 6.58. The molecule has 0 heterocycles. The van der Waals surface area contributed by atoms with Crippen LogP contribution in [0.25, 0.3) is 0 Å². The third-order valence-electron chi connectivity index (χ3n) is 7.51. The highest BCUT2D eigenvalue weighted by molar-refractivity contribution is 6.47. The van der Waals surface area contributed by atoms with E-state index in [1.165, 1.54) is 0 Å². The summed E-state index contributed by atoms with van der Waals surface area (Å²) in [6.07, 6.45) is 6.50. The molecule has 0 aromatic heterocycles. The minimum absolute atomic E-state index is 0.160. The minimum Gasteiger partial charge on any atom is -0.481 e. The number of rotatable bonds is 4. The normalized spacial score (nSPS) is 39.3. The summed E-state index contributed by atoms with van der Waals surface area (Å²) in [5, 5.41) is 0. The molecule has 0 bridgehead atoms. The van der Waals surface area contributed by atoms with Gasteiger partial charge in [-0.25, -0.2) is 0 Å². The molecule has 1 aromatic rings. The van der Waals surface area contributed by atoms with Gasteiger partial charge in [0.25, 0.3) is 0 Å². The zero-order valence-electron chi connectivity index (χ0n) is 15.0. The fourth-order valence-electron chi connectivity index (χ4n) is 5.87. The Morgan fingerprint density at radius 1 is 1.08 bits per heavy atom. The summed E-state index contributed by atoms with van der Waals surface area (Å²) < 4.78 is 10.9. The number of carbonyl (C=O) groups is 3. The molecule has 0 saturated heterocycles. The molecule has 0 aliphatic heterocycles. The van der Waals surface area contributed by atoms with Crippen molar-refractivity contribution < 1.29 is 23.9 Å². The lowest BCUT2D eigenvalue weighted by Gasteiger charge is -2.46. The van der Waals surface area contributed by atoms with Crippen molar-refractivity contribution in [1.29, 1.82) is 0 Å². The molecule has 134 valence electrons. The van der Waals surface area contributed by atoms with E-state index in [9.17, 15) is 14.4 Å². The first-order chi connectivity index (χ1) is 12.2. The number of benzene rings is 1. The zero-order valence-corrected chi connectivity index (χ0v) is 15.0. The molecule has 3 aliphatic carbocycles. The number of Topliss-reactive ketones (excluding diaryl/α,β-unsaturated/α-hetero) is 2. The van der Waals surface area contributed by atoms with Gasteiger partial charge < -0.3 is 9.47 Å². The SMILES string of the molecule is C#CCOc1ccc(OC(=O)C2(C)C3(C)C(=O)C(=O)C4(C)CCC423)cc1. The minimum atomic E-state index is -0.976. The molecule has 0 amide bonds. The summed E-state index contributed by atoms with van der Waals surface area (Å²) in [6.45, 7) is 5.49. The molecular weight excluding hydrogens is 332 g/mol. The topological polar surface area (TPSA) is 69.7 Å². The summed E-state index contributed by atoms with van der Waals surface area (Å²) in [4.78, 5) is 38.1. The van der Waals surface area contributed by atoms with Crippen LogP contribution in [0.1, 0.15) is 33.6 Å². The van der Waals surface area contributed by atoms with Gasteiger partial charge in [0.2, 0.25) is 11.6 Å². The van der Waals surface area contributed by atoms with Gasteiger partial charge in [0.05, 0.1) is 10.8 Å². The van der Waals surface area contributed by atoms with Crippen molar-refractivity contribution in [3.63, 3.8) is 0 Å². The predicted octanol–water partition coefficient (Wildman–Crippen LogP) is 2.57. The molecule has 3 fully saturated rings. The largest absolute Gasteiger partial charge is 0.481 e. The molecule has 3 saturated carbocycles. The second-order valence-electron chi connectivity index (χ2n) is 8.00. The van der Waals surface area contributed by atoms with Gasteiger partial charge in [-0.1, -0.05) is 19.8 Å². The van der Waals surface area contributed by atoms with E-state index < -0.39 is 33.4 Å². The lowest BCUT2D eigenvalue weighted by molar-refractivity contribution is -0.155. The van der Waals surface area contributed by atoms with Crippen LogP contribution in [0.5, 0.6) is 11.5 Å². The Hall–Kier alpha value is -2.61. The van der Waals surface area contributed by atoms with Crippen molar-refractivity contribution >= 4 is 17.5 Å². The molecule has 0 N–H and O–H groups in total. The van der Waals surface area contributed by atoms with Crippen LogP contribution in [0.2, 0.25) is 0 Å². The number of carbonyl (C=O) groups excluding carboxylic acids is 3. The molecule has 5 heteroatoms. The number of ether oxygens (including phenoxy) is 2. The van der Waals surface area contributed by atoms with Gasteiger partial charge in [-0.15, -0.1) is 6.42 Å². The Morgan fingerprint density at radius 3 is 2.19 bits per heavy atom. The van der Waals surface area contributed by atoms with E-state index in [0.29, 0.717) is 24.3 Å². The van der Waals surface area contributed by atoms with Crippen LogP contribution in [0, 0.1) is 34.0 Å². The summed E-state index contributed by atoms with van der Waals surface area (Å²) >= 11 is 0. The van der Waals surface area contributed by atoms with Crippen LogP contribution in [0.4, 0.5) is 0 Å². The van der Waals surface area contributed by atoms with Gasteiger partial charge in [-0.3, -0.25) is 14.4 Å². The molecule has 4 rings (SSSR count).